The average molecular weight is 490 g/mol. The molecular weight excluding hydrogens is 469 g/mol. The summed E-state index contributed by atoms with van der Waals surface area (Å²) >= 11 is 2.34. The molecule has 2 aromatic carbocycles. The van der Waals surface area contributed by atoms with E-state index in [-0.39, 0.29) is 11.5 Å². The zero-order valence-electron chi connectivity index (χ0n) is 18.0. The van der Waals surface area contributed by atoms with Gasteiger partial charge in [0.15, 0.2) is 21.6 Å². The van der Waals surface area contributed by atoms with Crippen LogP contribution in [0.15, 0.2) is 46.8 Å². The van der Waals surface area contributed by atoms with Gasteiger partial charge in [-0.2, -0.15) is 0 Å². The van der Waals surface area contributed by atoms with Crippen molar-refractivity contribution in [2.45, 2.75) is 4.34 Å². The van der Waals surface area contributed by atoms with Gasteiger partial charge in [-0.1, -0.05) is 23.1 Å². The van der Waals surface area contributed by atoms with E-state index >= 15 is 0 Å². The van der Waals surface area contributed by atoms with Crippen molar-refractivity contribution in [3.05, 3.63) is 59.4 Å². The first kappa shape index (κ1) is 24.2. The summed E-state index contributed by atoms with van der Waals surface area (Å²) in [4.78, 5) is 24.4. The monoisotopic (exact) mass is 489 g/mol. The minimum atomic E-state index is -0.404. The van der Waals surface area contributed by atoms with Crippen molar-refractivity contribution in [1.82, 2.24) is 10.2 Å². The molecular formula is C22H20FN3O5S2. The van der Waals surface area contributed by atoms with Crippen LogP contribution in [0.1, 0.15) is 15.9 Å². The molecule has 3 aromatic rings. The number of hydrogen-bond donors (Lipinski definition) is 1. The lowest BCUT2D eigenvalue weighted by Gasteiger charge is -2.12. The first-order chi connectivity index (χ1) is 15.9. The van der Waals surface area contributed by atoms with Crippen LogP contribution in [0.25, 0.3) is 6.08 Å². The van der Waals surface area contributed by atoms with Crippen molar-refractivity contribution >= 4 is 46.0 Å². The van der Waals surface area contributed by atoms with Crippen LogP contribution in [0.5, 0.6) is 17.2 Å². The summed E-state index contributed by atoms with van der Waals surface area (Å²) in [5.74, 6) is 0.556. The standard InChI is InChI=1S/C22H20FN3O5S2/c1-29-17-10-13(11-18(30-2)20(17)31-3)4-9-19(28)24-21-25-26-22(33-21)32-12-16(27)14-5-7-15(23)8-6-14/h4-11H,12H2,1-3H3,(H,24,25,28)/b9-4+. The molecule has 0 spiro atoms. The van der Waals surface area contributed by atoms with E-state index < -0.39 is 11.7 Å². The fraction of sp³-hybridized carbons (Fsp3) is 0.182. The molecule has 0 atom stereocenters. The van der Waals surface area contributed by atoms with Crippen LogP contribution in [-0.2, 0) is 4.79 Å². The predicted octanol–water partition coefficient (Wildman–Crippen LogP) is 4.33. The third-order valence-corrected chi connectivity index (χ3v) is 6.22. The van der Waals surface area contributed by atoms with Gasteiger partial charge in [-0.15, -0.1) is 10.2 Å². The highest BCUT2D eigenvalue weighted by Crippen LogP contribution is 2.38. The summed E-state index contributed by atoms with van der Waals surface area (Å²) in [6.07, 6.45) is 2.94. The number of ketones is 1. The molecule has 0 aliphatic carbocycles. The lowest BCUT2D eigenvalue weighted by Crippen LogP contribution is -2.07. The Morgan fingerprint density at radius 1 is 1.06 bits per heavy atom. The molecule has 0 fully saturated rings. The third kappa shape index (κ3) is 6.53. The van der Waals surface area contributed by atoms with E-state index in [1.54, 1.807) is 18.2 Å². The second-order valence-electron chi connectivity index (χ2n) is 6.37. The Balaban J connectivity index is 1.58. The zero-order valence-corrected chi connectivity index (χ0v) is 19.6. The van der Waals surface area contributed by atoms with E-state index in [4.69, 9.17) is 14.2 Å². The lowest BCUT2D eigenvalue weighted by atomic mass is 10.1. The van der Waals surface area contributed by atoms with Crippen molar-refractivity contribution in [3.63, 3.8) is 0 Å². The van der Waals surface area contributed by atoms with Gasteiger partial charge >= 0.3 is 0 Å². The Labute approximate surface area is 197 Å². The van der Waals surface area contributed by atoms with Crippen LogP contribution in [0.3, 0.4) is 0 Å². The van der Waals surface area contributed by atoms with Gasteiger partial charge in [0.05, 0.1) is 27.1 Å². The molecule has 172 valence electrons. The number of nitrogens with one attached hydrogen (secondary N) is 1. The van der Waals surface area contributed by atoms with Gasteiger partial charge in [0, 0.05) is 11.6 Å². The van der Waals surface area contributed by atoms with E-state index in [0.29, 0.717) is 37.8 Å². The number of anilines is 1. The van der Waals surface area contributed by atoms with Crippen LogP contribution >= 0.6 is 23.1 Å². The largest absolute Gasteiger partial charge is 0.493 e. The number of thioether (sulfide) groups is 1. The second-order valence-corrected chi connectivity index (χ2v) is 8.57. The Bertz CT molecular complexity index is 1140. The minimum Gasteiger partial charge on any atom is -0.493 e. The van der Waals surface area contributed by atoms with Crippen molar-refractivity contribution in [1.29, 1.82) is 0 Å². The Morgan fingerprint density at radius 2 is 1.73 bits per heavy atom. The summed E-state index contributed by atoms with van der Waals surface area (Å²) < 4.78 is 29.4. The number of amides is 1. The molecule has 33 heavy (non-hydrogen) atoms. The number of aromatic nitrogens is 2. The summed E-state index contributed by atoms with van der Waals surface area (Å²) in [5.41, 5.74) is 1.09. The second kappa shape index (κ2) is 11.4. The highest BCUT2D eigenvalue weighted by molar-refractivity contribution is 8.01. The van der Waals surface area contributed by atoms with E-state index in [1.807, 2.05) is 0 Å². The normalized spacial score (nSPS) is 10.8. The number of nitrogens with zero attached hydrogens (tertiary/aromatic N) is 2. The molecule has 0 unspecified atom stereocenters. The molecule has 3 rings (SSSR count). The minimum absolute atomic E-state index is 0.120. The molecule has 11 heteroatoms. The maximum absolute atomic E-state index is 13.0. The van der Waals surface area contributed by atoms with Gasteiger partial charge in [-0.3, -0.25) is 14.9 Å². The fourth-order valence-electron chi connectivity index (χ4n) is 2.68. The van der Waals surface area contributed by atoms with E-state index in [2.05, 4.69) is 15.5 Å². The lowest BCUT2D eigenvalue weighted by molar-refractivity contribution is -0.111. The summed E-state index contributed by atoms with van der Waals surface area (Å²) in [5, 5.41) is 10.8. The summed E-state index contributed by atoms with van der Waals surface area (Å²) in [6.45, 7) is 0. The average Bonchev–Trinajstić information content (AvgIpc) is 3.27. The molecule has 1 amide bonds. The molecule has 0 radical (unpaired) electrons. The van der Waals surface area contributed by atoms with Crippen molar-refractivity contribution in [2.75, 3.05) is 32.4 Å². The SMILES string of the molecule is COc1cc(/C=C/C(=O)Nc2nnc(SCC(=O)c3ccc(F)cc3)s2)cc(OC)c1OC. The molecule has 1 aromatic heterocycles. The van der Waals surface area contributed by atoms with Gasteiger partial charge in [-0.05, 0) is 48.0 Å². The fourth-order valence-corrected chi connectivity index (χ4v) is 4.33. The molecule has 0 aliphatic heterocycles. The van der Waals surface area contributed by atoms with Crippen LogP contribution in [0.2, 0.25) is 0 Å². The topological polar surface area (TPSA) is 99.6 Å². The molecule has 0 bridgehead atoms. The van der Waals surface area contributed by atoms with Crippen molar-refractivity contribution < 1.29 is 28.2 Å². The first-order valence-corrected chi connectivity index (χ1v) is 11.3. The van der Waals surface area contributed by atoms with Gasteiger partial charge < -0.3 is 14.2 Å². The van der Waals surface area contributed by atoms with Crippen molar-refractivity contribution in [2.24, 2.45) is 0 Å². The molecule has 0 aliphatic rings. The van der Waals surface area contributed by atoms with Gasteiger partial charge in [0.2, 0.25) is 16.8 Å². The number of halogens is 1. The summed E-state index contributed by atoms with van der Waals surface area (Å²) in [7, 11) is 4.53. The van der Waals surface area contributed by atoms with Crippen LogP contribution in [0.4, 0.5) is 9.52 Å². The number of Topliss-reactive ketones (excluding diaryl/α,β-unsaturated/α-hetero) is 1. The number of methoxy groups -OCH3 is 3. The quantitative estimate of drug-likeness (QED) is 0.194. The maximum Gasteiger partial charge on any atom is 0.250 e. The third-order valence-electron chi connectivity index (χ3n) is 4.24. The van der Waals surface area contributed by atoms with E-state index in [0.717, 1.165) is 11.3 Å². The number of benzene rings is 2. The van der Waals surface area contributed by atoms with Gasteiger partial charge in [0.1, 0.15) is 5.82 Å². The van der Waals surface area contributed by atoms with E-state index in [9.17, 15) is 14.0 Å². The molecule has 0 saturated heterocycles. The first-order valence-electron chi connectivity index (χ1n) is 9.47. The predicted molar refractivity (Wildman–Crippen MR) is 125 cm³/mol. The molecule has 1 N–H and O–H groups in total. The van der Waals surface area contributed by atoms with Gasteiger partial charge in [0.25, 0.3) is 0 Å². The summed E-state index contributed by atoms with van der Waals surface area (Å²) in [6, 6.07) is 8.77. The number of rotatable bonds is 10. The number of ether oxygens (including phenoxy) is 3. The highest BCUT2D eigenvalue weighted by atomic mass is 32.2. The molecule has 1 heterocycles. The zero-order chi connectivity index (χ0) is 23.8. The Hall–Kier alpha value is -3.44. The Morgan fingerprint density at radius 3 is 2.33 bits per heavy atom. The van der Waals surface area contributed by atoms with Crippen LogP contribution < -0.4 is 19.5 Å². The number of carbonyl (C=O) groups excluding carboxylic acids is 2. The number of hydrogen-bond acceptors (Lipinski definition) is 9. The molecule has 0 saturated carbocycles. The van der Waals surface area contributed by atoms with E-state index in [1.165, 1.54) is 63.4 Å². The Kier molecular flexibility index (Phi) is 8.39. The highest BCUT2D eigenvalue weighted by Gasteiger charge is 2.13. The van der Waals surface area contributed by atoms with Gasteiger partial charge in [-0.25, -0.2) is 4.39 Å². The smallest absolute Gasteiger partial charge is 0.250 e. The molecule has 8 nitrogen and oxygen atoms in total. The van der Waals surface area contributed by atoms with Crippen molar-refractivity contribution in [3.8, 4) is 17.2 Å². The van der Waals surface area contributed by atoms with Crippen LogP contribution in [0, 0.1) is 5.82 Å². The number of carbonyl (C=O) groups is 2. The van der Waals surface area contributed by atoms with Crippen LogP contribution in [-0.4, -0.2) is 49.0 Å². The maximum atomic E-state index is 13.0.